The Morgan fingerprint density at radius 3 is 2.65 bits per heavy atom. The van der Waals surface area contributed by atoms with Crippen molar-refractivity contribution in [1.29, 1.82) is 0 Å². The van der Waals surface area contributed by atoms with Crippen molar-refractivity contribution >= 4 is 12.2 Å². The smallest absolute Gasteiger partial charge is 0.221 e. The van der Waals surface area contributed by atoms with Gasteiger partial charge in [0.2, 0.25) is 5.95 Å². The van der Waals surface area contributed by atoms with Gasteiger partial charge in [-0.15, -0.1) is 0 Å². The highest BCUT2D eigenvalue weighted by molar-refractivity contribution is 5.81. The number of aryl methyl sites for hydroxylation is 2. The Morgan fingerprint density at radius 2 is 1.96 bits per heavy atom. The van der Waals surface area contributed by atoms with Gasteiger partial charge in [0.1, 0.15) is 6.61 Å². The highest BCUT2D eigenvalue weighted by atomic mass is 16.5. The molecule has 0 aliphatic carbocycles. The number of rotatable bonds is 6. The number of aromatic nitrogens is 2. The summed E-state index contributed by atoms with van der Waals surface area (Å²) in [4.78, 5) is 4.11. The van der Waals surface area contributed by atoms with Crippen LogP contribution in [0.3, 0.4) is 0 Å². The third-order valence-electron chi connectivity index (χ3n) is 4.00. The van der Waals surface area contributed by atoms with Crippen LogP contribution in [-0.4, -0.2) is 23.0 Å². The van der Waals surface area contributed by atoms with Crippen molar-refractivity contribution in [3.63, 3.8) is 0 Å². The second-order valence-corrected chi connectivity index (χ2v) is 5.96. The van der Waals surface area contributed by atoms with Crippen LogP contribution in [0, 0.1) is 13.8 Å². The van der Waals surface area contributed by atoms with Gasteiger partial charge in [0, 0.05) is 0 Å². The van der Waals surface area contributed by atoms with Crippen molar-refractivity contribution in [2.75, 3.05) is 12.8 Å². The van der Waals surface area contributed by atoms with Crippen LogP contribution in [0.15, 0.2) is 53.8 Å². The maximum absolute atomic E-state index is 5.93. The van der Waals surface area contributed by atoms with Crippen molar-refractivity contribution in [2.24, 2.45) is 5.10 Å². The average molecular weight is 350 g/mol. The number of nitrogens with zero attached hydrogens (tertiary/aromatic N) is 3. The van der Waals surface area contributed by atoms with Crippen molar-refractivity contribution in [2.45, 2.75) is 20.5 Å². The molecule has 0 fully saturated rings. The fraction of sp³-hybridized carbons (Fsp3) is 0.200. The molecule has 6 nitrogen and oxygen atoms in total. The lowest BCUT2D eigenvalue weighted by Gasteiger charge is -2.12. The highest BCUT2D eigenvalue weighted by Gasteiger charge is 2.07. The van der Waals surface area contributed by atoms with Crippen molar-refractivity contribution in [3.8, 4) is 11.5 Å². The summed E-state index contributed by atoms with van der Waals surface area (Å²) >= 11 is 0. The van der Waals surface area contributed by atoms with Gasteiger partial charge in [-0.05, 0) is 48.7 Å². The SMILES string of the molecule is COc1cc(C=Nn2cc(C)nc2N)ccc1OCc1ccccc1C. The largest absolute Gasteiger partial charge is 0.493 e. The zero-order valence-electron chi connectivity index (χ0n) is 15.1. The molecule has 3 aromatic rings. The molecule has 0 saturated heterocycles. The predicted molar refractivity (Wildman–Crippen MR) is 103 cm³/mol. The molecule has 3 rings (SSSR count). The Kier molecular flexibility index (Phi) is 5.22. The standard InChI is InChI=1S/C20H22N4O2/c1-14-6-4-5-7-17(14)13-26-18-9-8-16(10-19(18)25-3)11-22-24-12-15(2)23-20(24)21/h4-12H,13H2,1-3H3,(H2,21,23). The molecule has 1 aromatic heterocycles. The van der Waals surface area contributed by atoms with Gasteiger partial charge >= 0.3 is 0 Å². The van der Waals surface area contributed by atoms with Crippen molar-refractivity contribution in [3.05, 3.63) is 71.0 Å². The van der Waals surface area contributed by atoms with Crippen molar-refractivity contribution < 1.29 is 9.47 Å². The number of methoxy groups -OCH3 is 1. The summed E-state index contributed by atoms with van der Waals surface area (Å²) < 4.78 is 12.9. The minimum Gasteiger partial charge on any atom is -0.493 e. The molecule has 6 heteroatoms. The number of ether oxygens (including phenoxy) is 2. The van der Waals surface area contributed by atoms with Gasteiger partial charge in [-0.2, -0.15) is 5.10 Å². The zero-order valence-corrected chi connectivity index (χ0v) is 15.1. The second kappa shape index (κ2) is 7.74. The lowest BCUT2D eigenvalue weighted by atomic mass is 10.1. The maximum atomic E-state index is 5.93. The maximum Gasteiger partial charge on any atom is 0.221 e. The van der Waals surface area contributed by atoms with E-state index in [0.717, 1.165) is 16.8 Å². The summed E-state index contributed by atoms with van der Waals surface area (Å²) in [7, 11) is 1.62. The fourth-order valence-corrected chi connectivity index (χ4v) is 2.54. The molecular formula is C20H22N4O2. The van der Waals surface area contributed by atoms with Gasteiger partial charge < -0.3 is 15.2 Å². The number of imidazole rings is 1. The second-order valence-electron chi connectivity index (χ2n) is 5.96. The van der Waals surface area contributed by atoms with E-state index in [2.05, 4.69) is 29.1 Å². The van der Waals surface area contributed by atoms with Gasteiger partial charge in [-0.25, -0.2) is 9.66 Å². The average Bonchev–Trinajstić information content (AvgIpc) is 2.97. The minimum absolute atomic E-state index is 0.351. The summed E-state index contributed by atoms with van der Waals surface area (Å²) in [6.07, 6.45) is 3.47. The fourth-order valence-electron chi connectivity index (χ4n) is 2.54. The summed E-state index contributed by atoms with van der Waals surface area (Å²) in [6.45, 7) is 4.42. The van der Waals surface area contributed by atoms with Gasteiger partial charge in [0.05, 0.1) is 25.2 Å². The van der Waals surface area contributed by atoms with Crippen LogP contribution in [0.5, 0.6) is 11.5 Å². The van der Waals surface area contributed by atoms with Crippen molar-refractivity contribution in [1.82, 2.24) is 9.66 Å². The topological polar surface area (TPSA) is 74.7 Å². The Morgan fingerprint density at radius 1 is 1.15 bits per heavy atom. The zero-order chi connectivity index (χ0) is 18.5. The molecule has 0 amide bonds. The minimum atomic E-state index is 0.351. The molecule has 0 atom stereocenters. The number of hydrogen-bond donors (Lipinski definition) is 1. The van der Waals surface area contributed by atoms with Crippen LogP contribution < -0.4 is 15.2 Å². The van der Waals surface area contributed by atoms with Crippen LogP contribution in [0.1, 0.15) is 22.4 Å². The quantitative estimate of drug-likeness (QED) is 0.690. The summed E-state index contributed by atoms with van der Waals surface area (Å²) in [5, 5.41) is 4.31. The normalized spacial score (nSPS) is 11.0. The third-order valence-corrected chi connectivity index (χ3v) is 4.00. The molecule has 2 aromatic carbocycles. The highest BCUT2D eigenvalue weighted by Crippen LogP contribution is 2.28. The Bertz CT molecular complexity index is 931. The lowest BCUT2D eigenvalue weighted by molar-refractivity contribution is 0.284. The number of hydrogen-bond acceptors (Lipinski definition) is 5. The van der Waals surface area contributed by atoms with Gasteiger partial charge in [0.25, 0.3) is 0 Å². The van der Waals surface area contributed by atoms with E-state index in [1.54, 1.807) is 19.5 Å². The first kappa shape index (κ1) is 17.5. The monoisotopic (exact) mass is 350 g/mol. The molecule has 1 heterocycles. The summed E-state index contributed by atoms with van der Waals surface area (Å²) in [5.74, 6) is 1.69. The molecule has 0 aliphatic heterocycles. The van der Waals surface area contributed by atoms with Gasteiger partial charge in [-0.3, -0.25) is 0 Å². The first-order chi connectivity index (χ1) is 12.6. The Labute approximate surface area is 152 Å². The van der Waals surface area contributed by atoms with E-state index >= 15 is 0 Å². The molecule has 0 unspecified atom stereocenters. The predicted octanol–water partition coefficient (Wildman–Crippen LogP) is 3.55. The first-order valence-corrected chi connectivity index (χ1v) is 8.28. The third kappa shape index (κ3) is 4.03. The molecular weight excluding hydrogens is 328 g/mol. The van der Waals surface area contributed by atoms with E-state index in [4.69, 9.17) is 15.2 Å². The molecule has 0 radical (unpaired) electrons. The van der Waals surface area contributed by atoms with Crippen LogP contribution >= 0.6 is 0 Å². The van der Waals surface area contributed by atoms with Crippen LogP contribution in [0.2, 0.25) is 0 Å². The number of benzene rings is 2. The molecule has 0 saturated carbocycles. The van der Waals surface area contributed by atoms with E-state index in [-0.39, 0.29) is 0 Å². The van der Waals surface area contributed by atoms with E-state index in [0.29, 0.717) is 24.1 Å². The number of nitrogen functional groups attached to an aromatic ring is 1. The van der Waals surface area contributed by atoms with Crippen LogP contribution in [-0.2, 0) is 6.61 Å². The molecule has 0 aliphatic rings. The van der Waals surface area contributed by atoms with E-state index in [1.807, 2.05) is 37.3 Å². The molecule has 2 N–H and O–H groups in total. The van der Waals surface area contributed by atoms with Crippen LogP contribution in [0.4, 0.5) is 5.95 Å². The van der Waals surface area contributed by atoms with E-state index in [9.17, 15) is 0 Å². The van der Waals surface area contributed by atoms with Gasteiger partial charge in [-0.1, -0.05) is 24.3 Å². The molecule has 134 valence electrons. The molecule has 26 heavy (non-hydrogen) atoms. The molecule has 0 bridgehead atoms. The number of anilines is 1. The van der Waals surface area contributed by atoms with E-state index < -0.39 is 0 Å². The Hall–Kier alpha value is -3.28. The lowest BCUT2D eigenvalue weighted by Crippen LogP contribution is -2.00. The first-order valence-electron chi connectivity index (χ1n) is 8.28. The molecule has 0 spiro atoms. The van der Waals surface area contributed by atoms with E-state index in [1.165, 1.54) is 10.2 Å². The number of nitrogens with two attached hydrogens (primary N) is 1. The van der Waals surface area contributed by atoms with Gasteiger partial charge in [0.15, 0.2) is 11.5 Å². The van der Waals surface area contributed by atoms with Crippen LogP contribution in [0.25, 0.3) is 0 Å². The Balaban J connectivity index is 1.75. The summed E-state index contributed by atoms with van der Waals surface area (Å²) in [6, 6.07) is 13.8. The summed E-state index contributed by atoms with van der Waals surface area (Å²) in [5.41, 5.74) is 9.82.